The van der Waals surface area contributed by atoms with Crippen LogP contribution in [-0.4, -0.2) is 23.9 Å². The van der Waals surface area contributed by atoms with Gasteiger partial charge in [0.15, 0.2) is 9.84 Å². The quantitative estimate of drug-likeness (QED) is 0.325. The third kappa shape index (κ3) is 5.14. The van der Waals surface area contributed by atoms with Gasteiger partial charge in [-0.1, -0.05) is 30.8 Å². The summed E-state index contributed by atoms with van der Waals surface area (Å²) in [5.74, 6) is -1.03. The van der Waals surface area contributed by atoms with Crippen molar-refractivity contribution < 1.29 is 31.1 Å². The molecule has 0 aliphatic carbocycles. The monoisotopic (exact) mass is 535 g/mol. The van der Waals surface area contributed by atoms with E-state index in [1.165, 1.54) is 37.5 Å². The van der Waals surface area contributed by atoms with E-state index in [1.54, 1.807) is 22.8 Å². The number of hydrogen-bond acceptors (Lipinski definition) is 6. The number of primary amides is 1. The van der Waals surface area contributed by atoms with Gasteiger partial charge in [-0.3, -0.25) is 9.36 Å². The number of nitrogens with zero attached hydrogens (tertiary/aromatic N) is 2. The van der Waals surface area contributed by atoms with Gasteiger partial charge in [0.25, 0.3) is 5.91 Å². The predicted molar refractivity (Wildman–Crippen MR) is 131 cm³/mol. The lowest BCUT2D eigenvalue weighted by Gasteiger charge is -2.19. The highest BCUT2D eigenvalue weighted by molar-refractivity contribution is 7.93. The zero-order valence-corrected chi connectivity index (χ0v) is 20.5. The van der Waals surface area contributed by atoms with E-state index < -0.39 is 33.6 Å². The molecular weight excluding hydrogens is 515 g/mol. The summed E-state index contributed by atoms with van der Waals surface area (Å²) < 4.78 is 71.7. The number of hydrogen-bond donors (Lipinski definition) is 1. The molecule has 0 bridgehead atoms. The van der Waals surface area contributed by atoms with Crippen LogP contribution in [0.1, 0.15) is 39.4 Å². The summed E-state index contributed by atoms with van der Waals surface area (Å²) in [7, 11) is -3.49. The molecule has 12 heteroatoms. The van der Waals surface area contributed by atoms with Crippen LogP contribution in [0, 0.1) is 0 Å². The number of rotatable bonds is 8. The number of benzene rings is 2. The van der Waals surface area contributed by atoms with Crippen LogP contribution in [0.25, 0.3) is 16.0 Å². The van der Waals surface area contributed by atoms with Crippen molar-refractivity contribution >= 4 is 38.1 Å². The number of halogens is 3. The van der Waals surface area contributed by atoms with Crippen LogP contribution >= 0.6 is 11.3 Å². The molecule has 188 valence electrons. The van der Waals surface area contributed by atoms with E-state index in [0.29, 0.717) is 21.6 Å². The van der Waals surface area contributed by atoms with Crippen LogP contribution in [0.4, 0.5) is 13.2 Å². The minimum atomic E-state index is -4.58. The average Bonchev–Trinajstić information content (AvgIpc) is 3.42. The highest BCUT2D eigenvalue weighted by Crippen LogP contribution is 2.39. The van der Waals surface area contributed by atoms with Gasteiger partial charge in [0.2, 0.25) is 0 Å². The molecule has 2 aromatic heterocycles. The van der Waals surface area contributed by atoms with Gasteiger partial charge < -0.3 is 10.5 Å². The van der Waals surface area contributed by atoms with E-state index in [9.17, 15) is 26.4 Å². The van der Waals surface area contributed by atoms with Gasteiger partial charge in [-0.15, -0.1) is 11.3 Å². The van der Waals surface area contributed by atoms with E-state index in [0.717, 1.165) is 22.8 Å². The molecule has 36 heavy (non-hydrogen) atoms. The molecule has 0 aliphatic rings. The Morgan fingerprint density at radius 2 is 1.97 bits per heavy atom. The fraction of sp³-hybridized carbons (Fsp3) is 0.167. The molecule has 0 aliphatic heterocycles. The van der Waals surface area contributed by atoms with Crippen molar-refractivity contribution in [2.45, 2.75) is 25.0 Å². The Labute approximate surface area is 208 Å². The van der Waals surface area contributed by atoms with Crippen molar-refractivity contribution in [3.8, 4) is 10.8 Å². The lowest BCUT2D eigenvalue weighted by atomic mass is 10.0. The van der Waals surface area contributed by atoms with Crippen LogP contribution in [0.3, 0.4) is 0 Å². The van der Waals surface area contributed by atoms with Crippen LogP contribution in [0.15, 0.2) is 66.8 Å². The van der Waals surface area contributed by atoms with Crippen molar-refractivity contribution in [2.24, 2.45) is 5.73 Å². The van der Waals surface area contributed by atoms with Gasteiger partial charge in [0.05, 0.1) is 22.3 Å². The Bertz CT molecular complexity index is 1570. The average molecular weight is 536 g/mol. The zero-order chi connectivity index (χ0) is 26.3. The minimum Gasteiger partial charge on any atom is -0.484 e. The Kier molecular flexibility index (Phi) is 6.67. The molecule has 7 nitrogen and oxygen atoms in total. The standard InChI is InChI=1S/C24H20F3N3O4S2/c1-3-36(32,33)12-15-8-9-18-19(10-15)30(13-29-18)21-11-20(22(35-21)23(28)31)34-14(2)16-6-4-5-7-17(16)24(25,26)27/h3-11,13-14H,1,12H2,2H3,(H2,28,31). The molecule has 1 atom stereocenters. The molecule has 2 N–H and O–H groups in total. The SMILES string of the molecule is C=CS(=O)(=O)Cc1ccc2ncn(-c3cc(OC(C)c4ccccc4C(F)(F)F)c(C(N)=O)s3)c2c1. The number of carbonyl (C=O) groups is 1. The molecule has 2 aromatic carbocycles. The van der Waals surface area contributed by atoms with E-state index in [-0.39, 0.29) is 21.9 Å². The minimum absolute atomic E-state index is 0.0218. The van der Waals surface area contributed by atoms with Gasteiger partial charge in [0.1, 0.15) is 28.1 Å². The van der Waals surface area contributed by atoms with Crippen LogP contribution < -0.4 is 10.5 Å². The van der Waals surface area contributed by atoms with Crippen molar-refractivity contribution in [1.82, 2.24) is 9.55 Å². The number of thiophene rings is 1. The number of alkyl halides is 3. The topological polar surface area (TPSA) is 104 Å². The number of fused-ring (bicyclic) bond motifs is 1. The second-order valence-corrected chi connectivity index (χ2v) is 10.9. The van der Waals surface area contributed by atoms with Gasteiger partial charge >= 0.3 is 6.18 Å². The normalized spacial score (nSPS) is 13.0. The first-order valence-corrected chi connectivity index (χ1v) is 13.0. The summed E-state index contributed by atoms with van der Waals surface area (Å²) in [5.41, 5.74) is 6.24. The van der Waals surface area contributed by atoms with Crippen LogP contribution in [0.2, 0.25) is 0 Å². The van der Waals surface area contributed by atoms with E-state index in [4.69, 9.17) is 10.5 Å². The van der Waals surface area contributed by atoms with Crippen molar-refractivity contribution in [2.75, 3.05) is 0 Å². The molecule has 4 aromatic rings. The molecule has 4 rings (SSSR count). The molecule has 0 spiro atoms. The van der Waals surface area contributed by atoms with E-state index >= 15 is 0 Å². The van der Waals surface area contributed by atoms with Crippen molar-refractivity contribution in [3.05, 3.63) is 88.4 Å². The maximum Gasteiger partial charge on any atom is 0.416 e. The molecule has 2 heterocycles. The lowest BCUT2D eigenvalue weighted by molar-refractivity contribution is -0.139. The maximum absolute atomic E-state index is 13.5. The van der Waals surface area contributed by atoms with Crippen LogP contribution in [0.5, 0.6) is 5.75 Å². The second kappa shape index (κ2) is 9.43. The largest absolute Gasteiger partial charge is 0.484 e. The van der Waals surface area contributed by atoms with Crippen LogP contribution in [-0.2, 0) is 21.8 Å². The summed E-state index contributed by atoms with van der Waals surface area (Å²) in [6.07, 6.45) is -4.13. The van der Waals surface area contributed by atoms with Gasteiger partial charge in [-0.2, -0.15) is 13.2 Å². The number of ether oxygens (including phenoxy) is 1. The first-order chi connectivity index (χ1) is 16.9. The molecule has 0 fully saturated rings. The summed E-state index contributed by atoms with van der Waals surface area (Å²) in [4.78, 5) is 16.5. The Morgan fingerprint density at radius 3 is 2.64 bits per heavy atom. The summed E-state index contributed by atoms with van der Waals surface area (Å²) >= 11 is 0.977. The molecule has 0 saturated carbocycles. The second-order valence-electron chi connectivity index (χ2n) is 7.90. The fourth-order valence-corrected chi connectivity index (χ4v) is 5.40. The summed E-state index contributed by atoms with van der Waals surface area (Å²) in [6.45, 7) is 4.77. The number of imidazole rings is 1. The lowest BCUT2D eigenvalue weighted by Crippen LogP contribution is -2.15. The maximum atomic E-state index is 13.5. The summed E-state index contributed by atoms with van der Waals surface area (Å²) in [5, 5.41) is 1.34. The number of nitrogens with two attached hydrogens (primary N) is 1. The highest BCUT2D eigenvalue weighted by Gasteiger charge is 2.35. The Hall–Kier alpha value is -3.64. The fourth-order valence-electron chi connectivity index (χ4n) is 3.71. The molecule has 1 amide bonds. The highest BCUT2D eigenvalue weighted by atomic mass is 32.2. The summed E-state index contributed by atoms with van der Waals surface area (Å²) in [6, 6.07) is 11.5. The van der Waals surface area contributed by atoms with Gasteiger partial charge in [-0.25, -0.2) is 13.4 Å². The number of carbonyl (C=O) groups excluding carboxylic acids is 1. The van der Waals surface area contributed by atoms with Crippen molar-refractivity contribution in [1.29, 1.82) is 0 Å². The Morgan fingerprint density at radius 1 is 1.25 bits per heavy atom. The van der Waals surface area contributed by atoms with Gasteiger partial charge in [-0.05, 0) is 30.7 Å². The molecular formula is C24H20F3N3O4S2. The third-order valence-electron chi connectivity index (χ3n) is 5.39. The first-order valence-electron chi connectivity index (χ1n) is 10.5. The molecule has 0 saturated heterocycles. The number of amides is 1. The third-order valence-corrected chi connectivity index (χ3v) is 7.76. The molecule has 0 radical (unpaired) electrons. The predicted octanol–water partition coefficient (Wildman–Crippen LogP) is 5.40. The van der Waals surface area contributed by atoms with Gasteiger partial charge in [0, 0.05) is 17.0 Å². The molecule has 1 unspecified atom stereocenters. The first kappa shape index (κ1) is 25.5. The van der Waals surface area contributed by atoms with E-state index in [2.05, 4.69) is 11.6 Å². The smallest absolute Gasteiger partial charge is 0.416 e. The number of sulfone groups is 1. The Balaban J connectivity index is 1.73. The van der Waals surface area contributed by atoms with E-state index in [1.807, 2.05) is 0 Å². The van der Waals surface area contributed by atoms with Crippen molar-refractivity contribution in [3.63, 3.8) is 0 Å². The zero-order valence-electron chi connectivity index (χ0n) is 18.8. The number of aromatic nitrogens is 2.